The van der Waals surface area contributed by atoms with E-state index in [9.17, 15) is 9.18 Å². The summed E-state index contributed by atoms with van der Waals surface area (Å²) in [6.07, 6.45) is 3.61. The Hall–Kier alpha value is -2.35. The van der Waals surface area contributed by atoms with Gasteiger partial charge in [-0.25, -0.2) is 4.39 Å². The predicted molar refractivity (Wildman–Crippen MR) is 97.8 cm³/mol. The molecule has 7 heteroatoms. The first kappa shape index (κ1) is 18.0. The molecule has 2 fully saturated rings. The second-order valence-corrected chi connectivity index (χ2v) is 7.05. The lowest BCUT2D eigenvalue weighted by Gasteiger charge is -2.43. The molecule has 6 nitrogen and oxygen atoms in total. The molecule has 0 radical (unpaired) electrons. The van der Waals surface area contributed by atoms with Crippen LogP contribution in [0.25, 0.3) is 0 Å². The minimum Gasteiger partial charge on any atom is -0.377 e. The quantitative estimate of drug-likeness (QED) is 0.824. The van der Waals surface area contributed by atoms with Crippen molar-refractivity contribution in [2.75, 3.05) is 44.4 Å². The van der Waals surface area contributed by atoms with Crippen molar-refractivity contribution in [1.82, 2.24) is 9.88 Å². The van der Waals surface area contributed by atoms with Gasteiger partial charge in [-0.3, -0.25) is 14.7 Å². The molecule has 4 rings (SSSR count). The second-order valence-electron chi connectivity index (χ2n) is 7.05. The third-order valence-electron chi connectivity index (χ3n) is 4.95. The van der Waals surface area contributed by atoms with Gasteiger partial charge in [0.1, 0.15) is 18.0 Å². The molecule has 0 unspecified atom stereocenters. The zero-order valence-corrected chi connectivity index (χ0v) is 15.0. The maximum Gasteiger partial charge on any atom is 0.253 e. The van der Waals surface area contributed by atoms with Crippen molar-refractivity contribution in [1.29, 1.82) is 0 Å². The summed E-state index contributed by atoms with van der Waals surface area (Å²) in [5, 5.41) is 0. The summed E-state index contributed by atoms with van der Waals surface area (Å²) >= 11 is 0. The van der Waals surface area contributed by atoms with Crippen LogP contribution >= 0.6 is 0 Å². The molecule has 0 N–H and O–H groups in total. The number of carbonyl (C=O) groups is 1. The largest absolute Gasteiger partial charge is 0.377 e. The first-order chi connectivity index (χ1) is 13.1. The summed E-state index contributed by atoms with van der Waals surface area (Å²) in [5.41, 5.74) is 1.19. The smallest absolute Gasteiger partial charge is 0.253 e. The fraction of sp³-hybridized carbons (Fsp3) is 0.400. The minimum atomic E-state index is -0.610. The van der Waals surface area contributed by atoms with Crippen LogP contribution in [0, 0.1) is 5.82 Å². The SMILES string of the molecule is O=C1CO[C@@]2(COCCN(Cc3cccnc3)C2)CN1c1ccc(F)cc1. The van der Waals surface area contributed by atoms with E-state index in [1.165, 1.54) is 12.1 Å². The minimum absolute atomic E-state index is 0.0124. The average molecular weight is 371 g/mol. The molecule has 142 valence electrons. The molecule has 2 aromatic rings. The highest BCUT2D eigenvalue weighted by Gasteiger charge is 2.43. The zero-order chi connectivity index (χ0) is 18.7. The Morgan fingerprint density at radius 2 is 2.04 bits per heavy atom. The molecule has 27 heavy (non-hydrogen) atoms. The average Bonchev–Trinajstić information content (AvgIpc) is 2.88. The molecule has 1 spiro atoms. The van der Waals surface area contributed by atoms with Gasteiger partial charge in [0.2, 0.25) is 0 Å². The fourth-order valence-electron chi connectivity index (χ4n) is 3.62. The number of nitrogens with zero attached hydrogens (tertiary/aromatic N) is 3. The van der Waals surface area contributed by atoms with E-state index in [-0.39, 0.29) is 18.3 Å². The van der Waals surface area contributed by atoms with E-state index >= 15 is 0 Å². The molecule has 2 saturated heterocycles. The van der Waals surface area contributed by atoms with Gasteiger partial charge in [-0.05, 0) is 35.9 Å². The molecular formula is C20H22FN3O3. The van der Waals surface area contributed by atoms with E-state index in [2.05, 4.69) is 9.88 Å². The van der Waals surface area contributed by atoms with Crippen LogP contribution in [0.15, 0.2) is 48.8 Å². The number of aromatic nitrogens is 1. The van der Waals surface area contributed by atoms with E-state index in [1.54, 1.807) is 23.2 Å². The molecule has 3 heterocycles. The van der Waals surface area contributed by atoms with Crippen molar-refractivity contribution >= 4 is 11.6 Å². The van der Waals surface area contributed by atoms with Gasteiger partial charge in [0, 0.05) is 37.7 Å². The Morgan fingerprint density at radius 3 is 2.81 bits per heavy atom. The van der Waals surface area contributed by atoms with Gasteiger partial charge in [0.25, 0.3) is 5.91 Å². The number of morpholine rings is 1. The van der Waals surface area contributed by atoms with E-state index in [0.29, 0.717) is 32.0 Å². The number of anilines is 1. The van der Waals surface area contributed by atoms with Gasteiger partial charge < -0.3 is 14.4 Å². The van der Waals surface area contributed by atoms with Crippen LogP contribution in [-0.4, -0.2) is 60.8 Å². The highest BCUT2D eigenvalue weighted by Crippen LogP contribution is 2.27. The van der Waals surface area contributed by atoms with Gasteiger partial charge in [-0.15, -0.1) is 0 Å². The number of hydrogen-bond acceptors (Lipinski definition) is 5. The number of amides is 1. The Labute approximate surface area is 157 Å². The monoisotopic (exact) mass is 371 g/mol. The van der Waals surface area contributed by atoms with Crippen molar-refractivity contribution in [2.45, 2.75) is 12.1 Å². The summed E-state index contributed by atoms with van der Waals surface area (Å²) in [4.78, 5) is 20.5. The number of rotatable bonds is 3. The third kappa shape index (κ3) is 4.16. The van der Waals surface area contributed by atoms with E-state index in [4.69, 9.17) is 9.47 Å². The summed E-state index contributed by atoms with van der Waals surface area (Å²) in [6, 6.07) is 9.94. The van der Waals surface area contributed by atoms with Crippen LogP contribution in [0.5, 0.6) is 0 Å². The number of pyridine rings is 1. The van der Waals surface area contributed by atoms with Crippen LogP contribution in [0.4, 0.5) is 10.1 Å². The Morgan fingerprint density at radius 1 is 1.19 bits per heavy atom. The number of benzene rings is 1. The van der Waals surface area contributed by atoms with Gasteiger partial charge in [-0.1, -0.05) is 6.07 Å². The summed E-state index contributed by atoms with van der Waals surface area (Å²) in [6.45, 7) is 3.56. The molecule has 1 aromatic heterocycles. The molecule has 0 bridgehead atoms. The molecule has 2 aliphatic heterocycles. The topological polar surface area (TPSA) is 54.9 Å². The van der Waals surface area contributed by atoms with Crippen LogP contribution in [0.1, 0.15) is 5.56 Å². The molecule has 0 saturated carbocycles. The lowest BCUT2D eigenvalue weighted by molar-refractivity contribution is -0.146. The Bertz CT molecular complexity index is 787. The van der Waals surface area contributed by atoms with Crippen molar-refractivity contribution in [3.05, 3.63) is 60.2 Å². The Kier molecular flexibility index (Phi) is 5.15. The first-order valence-electron chi connectivity index (χ1n) is 9.02. The summed E-state index contributed by atoms with van der Waals surface area (Å²) in [7, 11) is 0. The number of ether oxygens (including phenoxy) is 2. The van der Waals surface area contributed by atoms with Gasteiger partial charge >= 0.3 is 0 Å². The normalized spacial score (nSPS) is 24.2. The molecule has 1 aromatic carbocycles. The number of halogens is 1. The molecule has 1 atom stereocenters. The van der Waals surface area contributed by atoms with E-state index in [0.717, 1.165) is 18.7 Å². The van der Waals surface area contributed by atoms with Crippen LogP contribution in [-0.2, 0) is 20.8 Å². The predicted octanol–water partition coefficient (Wildman–Crippen LogP) is 1.86. The lowest BCUT2D eigenvalue weighted by atomic mass is 10.0. The number of carbonyl (C=O) groups excluding carboxylic acids is 1. The lowest BCUT2D eigenvalue weighted by Crippen LogP contribution is -2.60. The van der Waals surface area contributed by atoms with Crippen molar-refractivity contribution in [2.24, 2.45) is 0 Å². The van der Waals surface area contributed by atoms with Crippen LogP contribution in [0.2, 0.25) is 0 Å². The number of hydrogen-bond donors (Lipinski definition) is 0. The highest BCUT2D eigenvalue weighted by atomic mass is 19.1. The third-order valence-corrected chi connectivity index (χ3v) is 4.95. The maximum atomic E-state index is 13.3. The van der Waals surface area contributed by atoms with Gasteiger partial charge in [0.05, 0.1) is 19.8 Å². The van der Waals surface area contributed by atoms with Crippen molar-refractivity contribution < 1.29 is 18.7 Å². The molecule has 1 amide bonds. The maximum absolute atomic E-state index is 13.3. The van der Waals surface area contributed by atoms with E-state index < -0.39 is 5.60 Å². The van der Waals surface area contributed by atoms with Crippen LogP contribution < -0.4 is 4.90 Å². The van der Waals surface area contributed by atoms with Gasteiger partial charge in [0.15, 0.2) is 0 Å². The van der Waals surface area contributed by atoms with E-state index in [1.807, 2.05) is 18.3 Å². The van der Waals surface area contributed by atoms with Crippen molar-refractivity contribution in [3.8, 4) is 0 Å². The fourth-order valence-corrected chi connectivity index (χ4v) is 3.62. The second kappa shape index (κ2) is 7.72. The Balaban J connectivity index is 1.53. The highest BCUT2D eigenvalue weighted by molar-refractivity contribution is 5.95. The van der Waals surface area contributed by atoms with Crippen LogP contribution in [0.3, 0.4) is 0 Å². The molecule has 2 aliphatic rings. The first-order valence-corrected chi connectivity index (χ1v) is 9.02. The van der Waals surface area contributed by atoms with Gasteiger partial charge in [-0.2, -0.15) is 0 Å². The molecular weight excluding hydrogens is 349 g/mol. The molecule has 0 aliphatic carbocycles. The standard InChI is InChI=1S/C20H22FN3O3/c21-17-3-5-18(6-4-17)24-14-20(27-12-19(24)25)13-23(8-9-26-15-20)11-16-2-1-7-22-10-16/h1-7,10H,8-9,11-15H2/t20-/m1/s1. The summed E-state index contributed by atoms with van der Waals surface area (Å²) < 4.78 is 25.1. The van der Waals surface area contributed by atoms with Crippen molar-refractivity contribution in [3.63, 3.8) is 0 Å². The summed E-state index contributed by atoms with van der Waals surface area (Å²) in [5.74, 6) is -0.454. The zero-order valence-electron chi connectivity index (χ0n) is 15.0.